The van der Waals surface area contributed by atoms with E-state index in [-0.39, 0.29) is 5.60 Å². The zero-order chi connectivity index (χ0) is 16.7. The molecule has 8 heteroatoms. The van der Waals surface area contributed by atoms with Crippen molar-refractivity contribution in [1.82, 2.24) is 20.2 Å². The maximum Gasteiger partial charge on any atom is 0.227 e. The summed E-state index contributed by atoms with van der Waals surface area (Å²) >= 11 is 0. The van der Waals surface area contributed by atoms with Gasteiger partial charge >= 0.3 is 0 Å². The van der Waals surface area contributed by atoms with Gasteiger partial charge in [0.1, 0.15) is 5.60 Å². The Kier molecular flexibility index (Phi) is 3.64. The van der Waals surface area contributed by atoms with Crippen molar-refractivity contribution in [3.63, 3.8) is 0 Å². The second kappa shape index (κ2) is 5.70. The first-order valence-corrected chi connectivity index (χ1v) is 8.20. The van der Waals surface area contributed by atoms with Gasteiger partial charge in [-0.3, -0.25) is 5.10 Å². The number of aromatic amines is 1. The number of rotatable bonds is 2. The summed E-state index contributed by atoms with van der Waals surface area (Å²) in [4.78, 5) is 12.3. The number of anilines is 2. The van der Waals surface area contributed by atoms with Gasteiger partial charge in [-0.2, -0.15) is 10.1 Å². The number of nitrogens with one attached hydrogen (secondary N) is 1. The third-order valence-corrected chi connectivity index (χ3v) is 4.91. The normalized spacial score (nSPS) is 19.4. The van der Waals surface area contributed by atoms with Gasteiger partial charge in [0.25, 0.3) is 0 Å². The van der Waals surface area contributed by atoms with Crippen LogP contribution in [-0.4, -0.2) is 54.0 Å². The van der Waals surface area contributed by atoms with Crippen LogP contribution in [0.25, 0.3) is 0 Å². The van der Waals surface area contributed by atoms with Gasteiger partial charge in [0, 0.05) is 27.2 Å². The minimum absolute atomic E-state index is 0.287. The second-order valence-electron chi connectivity index (χ2n) is 6.59. The first-order valence-electron chi connectivity index (χ1n) is 8.20. The van der Waals surface area contributed by atoms with Crippen molar-refractivity contribution in [2.75, 3.05) is 43.6 Å². The second-order valence-corrected chi connectivity index (χ2v) is 6.59. The minimum atomic E-state index is -0.407. The molecular weight excluding hydrogens is 311 g/mol. The van der Waals surface area contributed by atoms with E-state index in [1.807, 2.05) is 6.20 Å². The third-order valence-electron chi connectivity index (χ3n) is 4.91. The molecule has 4 rings (SSSR count). The van der Waals surface area contributed by atoms with Crippen molar-refractivity contribution in [1.29, 1.82) is 0 Å². The van der Waals surface area contributed by atoms with Crippen LogP contribution in [0, 0.1) is 5.82 Å². The number of aromatic nitrogens is 4. The van der Waals surface area contributed by atoms with Crippen LogP contribution in [0.15, 0.2) is 12.4 Å². The zero-order valence-corrected chi connectivity index (χ0v) is 13.9. The van der Waals surface area contributed by atoms with Crippen LogP contribution >= 0.6 is 0 Å². The summed E-state index contributed by atoms with van der Waals surface area (Å²) in [6.07, 6.45) is 5.72. The number of fused-ring (bicyclic) bond motifs is 2. The molecule has 0 saturated carbocycles. The molecule has 2 aliphatic heterocycles. The van der Waals surface area contributed by atoms with E-state index in [1.165, 1.54) is 11.8 Å². The maximum absolute atomic E-state index is 13.8. The minimum Gasteiger partial charge on any atom is -0.368 e. The molecule has 128 valence electrons. The van der Waals surface area contributed by atoms with E-state index in [1.54, 1.807) is 19.0 Å². The van der Waals surface area contributed by atoms with Crippen molar-refractivity contribution in [2.45, 2.75) is 24.9 Å². The summed E-state index contributed by atoms with van der Waals surface area (Å²) in [5.74, 6) is 0.468. The molecule has 0 bridgehead atoms. The van der Waals surface area contributed by atoms with E-state index in [0.29, 0.717) is 11.8 Å². The van der Waals surface area contributed by atoms with Gasteiger partial charge in [0.15, 0.2) is 11.6 Å². The molecule has 0 amide bonds. The Morgan fingerprint density at radius 2 is 2.08 bits per heavy atom. The van der Waals surface area contributed by atoms with Gasteiger partial charge in [-0.1, -0.05) is 0 Å². The average molecular weight is 332 g/mol. The molecule has 2 aromatic heterocycles. The fourth-order valence-electron chi connectivity index (χ4n) is 3.60. The summed E-state index contributed by atoms with van der Waals surface area (Å²) in [7, 11) is 3.55. The Labute approximate surface area is 139 Å². The highest BCUT2D eigenvalue weighted by molar-refractivity contribution is 5.44. The first kappa shape index (κ1) is 15.3. The number of piperidine rings is 1. The van der Waals surface area contributed by atoms with Gasteiger partial charge in [0.05, 0.1) is 24.7 Å². The number of nitrogens with zero attached hydrogens (tertiary/aromatic N) is 5. The molecule has 1 fully saturated rings. The van der Waals surface area contributed by atoms with Gasteiger partial charge in [-0.15, -0.1) is 0 Å². The van der Waals surface area contributed by atoms with Crippen LogP contribution in [0.2, 0.25) is 0 Å². The van der Waals surface area contributed by atoms with Gasteiger partial charge < -0.3 is 14.5 Å². The van der Waals surface area contributed by atoms with E-state index in [0.717, 1.165) is 44.7 Å². The predicted molar refractivity (Wildman–Crippen MR) is 87.7 cm³/mol. The molecule has 1 spiro atoms. The highest BCUT2D eigenvalue weighted by Crippen LogP contribution is 2.40. The van der Waals surface area contributed by atoms with E-state index in [9.17, 15) is 4.39 Å². The molecule has 24 heavy (non-hydrogen) atoms. The molecule has 0 aliphatic carbocycles. The SMILES string of the molecule is CN(C)c1nc(N2CCC3(CC2)OCCc2cn[nH]c23)ncc1F. The standard InChI is InChI=1S/C16H21FN6O/c1-22(2)14-12(17)10-18-15(20-14)23-6-4-16(5-7-23)13-11(3-8-24-16)9-19-21-13/h9-10H,3-8H2,1-2H3,(H,19,21). The number of hydrogen-bond donors (Lipinski definition) is 1. The van der Waals surface area contributed by atoms with Crippen molar-refractivity contribution in [2.24, 2.45) is 0 Å². The number of hydrogen-bond acceptors (Lipinski definition) is 6. The topological polar surface area (TPSA) is 70.2 Å². The molecular formula is C16H21FN6O. The molecule has 0 atom stereocenters. The van der Waals surface area contributed by atoms with Crippen molar-refractivity contribution < 1.29 is 9.13 Å². The lowest BCUT2D eigenvalue weighted by Gasteiger charge is -2.43. The quantitative estimate of drug-likeness (QED) is 0.898. The zero-order valence-electron chi connectivity index (χ0n) is 13.9. The van der Waals surface area contributed by atoms with Crippen LogP contribution in [0.1, 0.15) is 24.1 Å². The smallest absolute Gasteiger partial charge is 0.227 e. The van der Waals surface area contributed by atoms with Gasteiger partial charge in [0.2, 0.25) is 5.95 Å². The van der Waals surface area contributed by atoms with E-state index < -0.39 is 5.82 Å². The van der Waals surface area contributed by atoms with Crippen molar-refractivity contribution in [3.8, 4) is 0 Å². The van der Waals surface area contributed by atoms with Crippen molar-refractivity contribution in [3.05, 3.63) is 29.5 Å². The first-order chi connectivity index (χ1) is 11.6. The fourth-order valence-corrected chi connectivity index (χ4v) is 3.60. The number of H-pyrrole nitrogens is 1. The monoisotopic (exact) mass is 332 g/mol. The molecule has 4 heterocycles. The van der Waals surface area contributed by atoms with Crippen LogP contribution in [0.5, 0.6) is 0 Å². The molecule has 0 aromatic carbocycles. The fraction of sp³-hybridized carbons (Fsp3) is 0.562. The Morgan fingerprint density at radius 3 is 2.83 bits per heavy atom. The van der Waals surface area contributed by atoms with Crippen LogP contribution < -0.4 is 9.80 Å². The Bertz CT molecular complexity index is 738. The highest BCUT2D eigenvalue weighted by Gasteiger charge is 2.42. The summed E-state index contributed by atoms with van der Waals surface area (Å²) in [5, 5.41) is 7.30. The summed E-state index contributed by atoms with van der Waals surface area (Å²) in [5.41, 5.74) is 2.08. The van der Waals surface area contributed by atoms with Crippen LogP contribution in [-0.2, 0) is 16.8 Å². The summed E-state index contributed by atoms with van der Waals surface area (Å²) in [6.45, 7) is 2.25. The predicted octanol–water partition coefficient (Wildman–Crippen LogP) is 1.47. The summed E-state index contributed by atoms with van der Waals surface area (Å²) in [6, 6.07) is 0. The molecule has 0 unspecified atom stereocenters. The molecule has 7 nitrogen and oxygen atoms in total. The molecule has 2 aromatic rings. The molecule has 1 N–H and O–H groups in total. The molecule has 2 aliphatic rings. The molecule has 1 saturated heterocycles. The Morgan fingerprint density at radius 1 is 1.29 bits per heavy atom. The Balaban J connectivity index is 1.55. The maximum atomic E-state index is 13.8. The molecule has 0 radical (unpaired) electrons. The number of halogens is 1. The average Bonchev–Trinajstić information content (AvgIpc) is 3.06. The van der Waals surface area contributed by atoms with E-state index >= 15 is 0 Å². The third kappa shape index (κ3) is 2.41. The van der Waals surface area contributed by atoms with Gasteiger partial charge in [-0.05, 0) is 24.8 Å². The van der Waals surface area contributed by atoms with E-state index in [2.05, 4.69) is 25.1 Å². The largest absolute Gasteiger partial charge is 0.368 e. The van der Waals surface area contributed by atoms with Crippen LogP contribution in [0.4, 0.5) is 16.2 Å². The van der Waals surface area contributed by atoms with E-state index in [4.69, 9.17) is 4.74 Å². The Hall–Kier alpha value is -2.22. The lowest BCUT2D eigenvalue weighted by molar-refractivity contribution is -0.0796. The van der Waals surface area contributed by atoms with Crippen LogP contribution in [0.3, 0.4) is 0 Å². The van der Waals surface area contributed by atoms with Crippen molar-refractivity contribution >= 4 is 11.8 Å². The lowest BCUT2D eigenvalue weighted by atomic mass is 9.84. The number of ether oxygens (including phenoxy) is 1. The van der Waals surface area contributed by atoms with Gasteiger partial charge in [-0.25, -0.2) is 9.37 Å². The highest BCUT2D eigenvalue weighted by atomic mass is 19.1. The lowest BCUT2D eigenvalue weighted by Crippen LogP contribution is -2.47. The summed E-state index contributed by atoms with van der Waals surface area (Å²) < 4.78 is 19.9.